The van der Waals surface area contributed by atoms with E-state index >= 15 is 0 Å². The third-order valence-electron chi connectivity index (χ3n) is 3.63. The molecule has 1 heterocycles. The topological polar surface area (TPSA) is 53.8 Å². The molecule has 0 saturated carbocycles. The minimum Gasteiger partial charge on any atom is -0.550 e. The monoisotopic (exact) mass is 249 g/mol. The molecule has 1 aliphatic heterocycles. The molecule has 0 bridgehead atoms. The molecule has 98 valence electrons. The lowest BCUT2D eigenvalue weighted by Crippen LogP contribution is -3.10. The maximum absolute atomic E-state index is 10.9. The summed E-state index contributed by atoms with van der Waals surface area (Å²) in [7, 11) is 1.62. The number of rotatable bonds is 5. The average molecular weight is 249 g/mol. The van der Waals surface area contributed by atoms with Gasteiger partial charge in [0.25, 0.3) is 0 Å². The first-order valence-corrected chi connectivity index (χ1v) is 6.39. The third kappa shape index (κ3) is 3.01. The fourth-order valence-corrected chi connectivity index (χ4v) is 2.68. The van der Waals surface area contributed by atoms with Crippen LogP contribution in [-0.2, 0) is 4.79 Å². The molecule has 1 atom stereocenters. The number of methoxy groups -OCH3 is 1. The first-order valence-electron chi connectivity index (χ1n) is 6.39. The van der Waals surface area contributed by atoms with Crippen molar-refractivity contribution in [2.45, 2.75) is 25.3 Å². The van der Waals surface area contributed by atoms with Crippen molar-refractivity contribution >= 4 is 5.97 Å². The van der Waals surface area contributed by atoms with Crippen LogP contribution >= 0.6 is 0 Å². The number of ether oxygens (including phenoxy) is 1. The fourth-order valence-electron chi connectivity index (χ4n) is 2.68. The van der Waals surface area contributed by atoms with Crippen LogP contribution < -0.4 is 14.7 Å². The summed E-state index contributed by atoms with van der Waals surface area (Å²) in [6.45, 7) is 2.09. The van der Waals surface area contributed by atoms with Gasteiger partial charge in [-0.15, -0.1) is 0 Å². The van der Waals surface area contributed by atoms with Gasteiger partial charge >= 0.3 is 0 Å². The van der Waals surface area contributed by atoms with Crippen molar-refractivity contribution in [3.63, 3.8) is 0 Å². The van der Waals surface area contributed by atoms with Crippen molar-refractivity contribution in [3.8, 4) is 5.75 Å². The van der Waals surface area contributed by atoms with Gasteiger partial charge in [0.15, 0.2) is 0 Å². The van der Waals surface area contributed by atoms with Crippen molar-refractivity contribution in [1.29, 1.82) is 0 Å². The number of carboxylic acid groups (broad SMARTS) is 1. The number of carboxylic acids is 1. The number of carbonyl (C=O) groups is 1. The van der Waals surface area contributed by atoms with E-state index in [-0.39, 0.29) is 12.5 Å². The van der Waals surface area contributed by atoms with Crippen LogP contribution in [0.2, 0.25) is 0 Å². The van der Waals surface area contributed by atoms with E-state index < -0.39 is 5.97 Å². The lowest BCUT2D eigenvalue weighted by atomic mass is 10.0. The first-order chi connectivity index (χ1) is 8.70. The highest BCUT2D eigenvalue weighted by Crippen LogP contribution is 2.18. The van der Waals surface area contributed by atoms with Gasteiger partial charge in [0.05, 0.1) is 20.2 Å². The number of aliphatic carboxylic acids is 1. The van der Waals surface area contributed by atoms with E-state index in [1.165, 1.54) is 17.7 Å². The largest absolute Gasteiger partial charge is 0.550 e. The predicted molar refractivity (Wildman–Crippen MR) is 65.3 cm³/mol. The molecule has 0 unspecified atom stereocenters. The lowest BCUT2D eigenvalue weighted by Gasteiger charge is -2.25. The first kappa shape index (κ1) is 12.9. The van der Waals surface area contributed by atoms with E-state index in [1.807, 2.05) is 24.3 Å². The van der Waals surface area contributed by atoms with Gasteiger partial charge < -0.3 is 19.5 Å². The molecular formula is C14H19NO3. The third-order valence-corrected chi connectivity index (χ3v) is 3.63. The van der Waals surface area contributed by atoms with Crippen molar-refractivity contribution in [1.82, 2.24) is 0 Å². The zero-order valence-electron chi connectivity index (χ0n) is 10.6. The van der Waals surface area contributed by atoms with Gasteiger partial charge in [0.2, 0.25) is 0 Å². The Kier molecular flexibility index (Phi) is 4.20. The molecule has 2 rings (SSSR count). The number of quaternary nitrogens is 1. The van der Waals surface area contributed by atoms with Crippen LogP contribution in [0, 0.1) is 0 Å². The SMILES string of the molecule is COc1ccc([C@H](CC(=O)[O-])[NH+]2CCCC2)cc1. The molecule has 1 aromatic rings. The zero-order chi connectivity index (χ0) is 13.0. The highest BCUT2D eigenvalue weighted by molar-refractivity contribution is 5.65. The molecule has 1 fully saturated rings. The standard InChI is InChI=1S/C14H19NO3/c1-18-12-6-4-11(5-7-12)13(10-14(16)17)15-8-2-3-9-15/h4-7,13H,2-3,8-10H2,1H3,(H,16,17)/t13-/m0/s1. The van der Waals surface area contributed by atoms with E-state index in [0.29, 0.717) is 0 Å². The number of carbonyl (C=O) groups excluding carboxylic acids is 1. The Bertz CT molecular complexity index is 396. The van der Waals surface area contributed by atoms with Crippen LogP contribution in [0.15, 0.2) is 24.3 Å². The van der Waals surface area contributed by atoms with Crippen molar-refractivity contribution in [2.75, 3.05) is 20.2 Å². The molecule has 0 aliphatic carbocycles. The summed E-state index contributed by atoms with van der Waals surface area (Å²) in [5.74, 6) is -0.183. The van der Waals surface area contributed by atoms with Crippen LogP contribution in [0.5, 0.6) is 5.75 Å². The van der Waals surface area contributed by atoms with Crippen LogP contribution in [-0.4, -0.2) is 26.2 Å². The molecule has 0 spiro atoms. The summed E-state index contributed by atoms with van der Waals surface area (Å²) < 4.78 is 5.12. The number of hydrogen-bond acceptors (Lipinski definition) is 3. The maximum atomic E-state index is 10.9. The Morgan fingerprint density at radius 1 is 1.33 bits per heavy atom. The van der Waals surface area contributed by atoms with Crippen LogP contribution in [0.4, 0.5) is 0 Å². The molecule has 4 heteroatoms. The van der Waals surface area contributed by atoms with Crippen LogP contribution in [0.25, 0.3) is 0 Å². The van der Waals surface area contributed by atoms with E-state index in [4.69, 9.17) is 4.74 Å². The van der Waals surface area contributed by atoms with Crippen molar-refractivity contribution in [3.05, 3.63) is 29.8 Å². The molecular weight excluding hydrogens is 230 g/mol. The molecule has 0 radical (unpaired) electrons. The summed E-state index contributed by atoms with van der Waals surface area (Å²) in [5, 5.41) is 10.9. The second-order valence-corrected chi connectivity index (χ2v) is 4.77. The van der Waals surface area contributed by atoms with Gasteiger partial charge in [-0.25, -0.2) is 0 Å². The van der Waals surface area contributed by atoms with Gasteiger partial charge in [-0.05, 0) is 24.3 Å². The summed E-state index contributed by atoms with van der Waals surface area (Å²) in [4.78, 5) is 12.3. The Balaban J connectivity index is 2.17. The van der Waals surface area contributed by atoms with Gasteiger partial charge in [-0.1, -0.05) is 0 Å². The number of likely N-dealkylation sites (tertiary alicyclic amines) is 1. The predicted octanol–water partition coefficient (Wildman–Crippen LogP) is -0.445. The van der Waals surface area contributed by atoms with Crippen molar-refractivity contribution in [2.24, 2.45) is 0 Å². The molecule has 0 amide bonds. The second-order valence-electron chi connectivity index (χ2n) is 4.77. The minimum absolute atomic E-state index is 0.00315. The Morgan fingerprint density at radius 2 is 1.94 bits per heavy atom. The summed E-state index contributed by atoms with van der Waals surface area (Å²) in [5.41, 5.74) is 1.05. The molecule has 1 N–H and O–H groups in total. The van der Waals surface area contributed by atoms with Gasteiger partial charge in [0, 0.05) is 30.8 Å². The molecule has 0 aromatic heterocycles. The number of hydrogen-bond donors (Lipinski definition) is 1. The summed E-state index contributed by atoms with van der Waals surface area (Å²) in [6.07, 6.45) is 2.44. The van der Waals surface area contributed by atoms with E-state index in [1.54, 1.807) is 7.11 Å². The summed E-state index contributed by atoms with van der Waals surface area (Å²) in [6, 6.07) is 7.68. The second kappa shape index (κ2) is 5.87. The smallest absolute Gasteiger partial charge is 0.118 e. The lowest BCUT2D eigenvalue weighted by molar-refractivity contribution is -0.919. The Morgan fingerprint density at radius 3 is 2.44 bits per heavy atom. The van der Waals surface area contributed by atoms with E-state index in [9.17, 15) is 9.90 Å². The number of benzene rings is 1. The molecule has 18 heavy (non-hydrogen) atoms. The molecule has 1 saturated heterocycles. The van der Waals surface area contributed by atoms with E-state index in [2.05, 4.69) is 0 Å². The average Bonchev–Trinajstić information content (AvgIpc) is 2.89. The van der Waals surface area contributed by atoms with Gasteiger partial charge in [-0.3, -0.25) is 0 Å². The van der Waals surface area contributed by atoms with Crippen molar-refractivity contribution < 1.29 is 19.5 Å². The fraction of sp³-hybridized carbons (Fsp3) is 0.500. The zero-order valence-corrected chi connectivity index (χ0v) is 10.6. The highest BCUT2D eigenvalue weighted by Gasteiger charge is 2.27. The summed E-state index contributed by atoms with van der Waals surface area (Å²) >= 11 is 0. The van der Waals surface area contributed by atoms with Crippen LogP contribution in [0.1, 0.15) is 30.9 Å². The Hall–Kier alpha value is -1.55. The van der Waals surface area contributed by atoms with Crippen LogP contribution in [0.3, 0.4) is 0 Å². The van der Waals surface area contributed by atoms with E-state index in [0.717, 1.165) is 24.4 Å². The molecule has 1 aromatic carbocycles. The van der Waals surface area contributed by atoms with Gasteiger partial charge in [-0.2, -0.15) is 0 Å². The number of nitrogens with one attached hydrogen (secondary N) is 1. The minimum atomic E-state index is -0.977. The maximum Gasteiger partial charge on any atom is 0.118 e. The molecule has 1 aliphatic rings. The highest BCUT2D eigenvalue weighted by atomic mass is 16.5. The molecule has 4 nitrogen and oxygen atoms in total. The normalized spacial score (nSPS) is 17.6. The Labute approximate surface area is 107 Å². The quantitative estimate of drug-likeness (QED) is 0.769. The van der Waals surface area contributed by atoms with Gasteiger partial charge in [0.1, 0.15) is 11.8 Å².